The first kappa shape index (κ1) is 9.51. The third-order valence-electron chi connectivity index (χ3n) is 1.57. The van der Waals surface area contributed by atoms with Crippen LogP contribution < -0.4 is 5.32 Å². The molecule has 0 amide bonds. The second-order valence-corrected chi connectivity index (χ2v) is 2.88. The van der Waals surface area contributed by atoms with E-state index < -0.39 is 5.97 Å². The molecule has 0 aliphatic carbocycles. The van der Waals surface area contributed by atoms with Gasteiger partial charge in [-0.3, -0.25) is 9.78 Å². The molecule has 0 saturated carbocycles. The fourth-order valence-corrected chi connectivity index (χ4v) is 1.05. The highest BCUT2D eigenvalue weighted by molar-refractivity contribution is 5.68. The molecule has 1 atom stereocenters. The highest BCUT2D eigenvalue weighted by atomic mass is 16.4. The maximum Gasteiger partial charge on any atom is 0.305 e. The molecule has 0 spiro atoms. The molecule has 1 rings (SSSR count). The minimum Gasteiger partial charge on any atom is -0.481 e. The predicted octanol–water partition coefficient (Wildman–Crippen LogP) is 1.36. The van der Waals surface area contributed by atoms with Crippen molar-refractivity contribution < 1.29 is 9.90 Å². The molecular weight excluding hydrogens is 168 g/mol. The Morgan fingerprint density at radius 3 is 2.77 bits per heavy atom. The minimum atomic E-state index is -0.797. The first-order valence-electron chi connectivity index (χ1n) is 4.07. The number of carboxylic acid groups (broad SMARTS) is 1. The Kier molecular flexibility index (Phi) is 3.25. The van der Waals surface area contributed by atoms with E-state index in [1.165, 1.54) is 0 Å². The summed E-state index contributed by atoms with van der Waals surface area (Å²) in [6.45, 7) is 1.83. The standard InChI is InChI=1S/C9H12N2O2/c1-7(6-9(12)13)11-8-2-4-10-5-3-8/h2-5,7H,6H2,1H3,(H,10,11)(H,12,13)/t7-/m0/s1. The maximum atomic E-state index is 10.3. The average Bonchev–Trinajstić information content (AvgIpc) is 2.04. The molecule has 0 aliphatic rings. The molecule has 0 unspecified atom stereocenters. The van der Waals surface area contributed by atoms with Gasteiger partial charge in [0.15, 0.2) is 0 Å². The van der Waals surface area contributed by atoms with Gasteiger partial charge in [-0.25, -0.2) is 0 Å². The Balaban J connectivity index is 2.45. The summed E-state index contributed by atoms with van der Waals surface area (Å²) in [5, 5.41) is 11.6. The van der Waals surface area contributed by atoms with Crippen LogP contribution in [0.15, 0.2) is 24.5 Å². The number of hydrogen-bond acceptors (Lipinski definition) is 3. The number of anilines is 1. The molecule has 13 heavy (non-hydrogen) atoms. The lowest BCUT2D eigenvalue weighted by Gasteiger charge is -2.12. The van der Waals surface area contributed by atoms with Crippen molar-refractivity contribution in [3.05, 3.63) is 24.5 Å². The first-order chi connectivity index (χ1) is 6.18. The highest BCUT2D eigenvalue weighted by Gasteiger charge is 2.06. The smallest absolute Gasteiger partial charge is 0.305 e. The van der Waals surface area contributed by atoms with Crippen LogP contribution in [0.2, 0.25) is 0 Å². The van der Waals surface area contributed by atoms with Gasteiger partial charge in [-0.1, -0.05) is 0 Å². The van der Waals surface area contributed by atoms with Crippen molar-refractivity contribution in [1.29, 1.82) is 0 Å². The molecule has 0 aromatic carbocycles. The zero-order chi connectivity index (χ0) is 9.68. The van der Waals surface area contributed by atoms with Crippen LogP contribution >= 0.6 is 0 Å². The van der Waals surface area contributed by atoms with Crippen molar-refractivity contribution in [2.24, 2.45) is 0 Å². The molecule has 1 heterocycles. The summed E-state index contributed by atoms with van der Waals surface area (Å²) in [6.07, 6.45) is 3.44. The van der Waals surface area contributed by atoms with E-state index in [4.69, 9.17) is 5.11 Å². The summed E-state index contributed by atoms with van der Waals surface area (Å²) in [4.78, 5) is 14.2. The average molecular weight is 180 g/mol. The molecule has 0 fully saturated rings. The van der Waals surface area contributed by atoms with E-state index in [0.29, 0.717) is 0 Å². The summed E-state index contributed by atoms with van der Waals surface area (Å²) in [5.74, 6) is -0.797. The lowest BCUT2D eigenvalue weighted by Crippen LogP contribution is -2.19. The Hall–Kier alpha value is -1.58. The zero-order valence-electron chi connectivity index (χ0n) is 7.40. The number of rotatable bonds is 4. The normalized spacial score (nSPS) is 12.1. The Bertz CT molecular complexity index is 274. The van der Waals surface area contributed by atoms with E-state index in [1.54, 1.807) is 24.5 Å². The Morgan fingerprint density at radius 2 is 2.23 bits per heavy atom. The van der Waals surface area contributed by atoms with E-state index in [1.807, 2.05) is 6.92 Å². The van der Waals surface area contributed by atoms with E-state index in [0.717, 1.165) is 5.69 Å². The molecular formula is C9H12N2O2. The summed E-state index contributed by atoms with van der Waals surface area (Å²) >= 11 is 0. The lowest BCUT2D eigenvalue weighted by molar-refractivity contribution is -0.137. The highest BCUT2D eigenvalue weighted by Crippen LogP contribution is 2.06. The maximum absolute atomic E-state index is 10.3. The van der Waals surface area contributed by atoms with Gasteiger partial charge in [0.2, 0.25) is 0 Å². The second kappa shape index (κ2) is 4.45. The van der Waals surface area contributed by atoms with Crippen molar-refractivity contribution in [2.45, 2.75) is 19.4 Å². The molecule has 4 nitrogen and oxygen atoms in total. The zero-order valence-corrected chi connectivity index (χ0v) is 7.40. The van der Waals surface area contributed by atoms with Crippen molar-refractivity contribution in [1.82, 2.24) is 4.98 Å². The van der Waals surface area contributed by atoms with E-state index in [2.05, 4.69) is 10.3 Å². The van der Waals surface area contributed by atoms with E-state index in [9.17, 15) is 4.79 Å². The molecule has 0 aliphatic heterocycles. The number of hydrogen-bond donors (Lipinski definition) is 2. The number of aliphatic carboxylic acids is 1. The van der Waals surface area contributed by atoms with Gasteiger partial charge in [-0.2, -0.15) is 0 Å². The largest absolute Gasteiger partial charge is 0.481 e. The van der Waals surface area contributed by atoms with Gasteiger partial charge in [0.1, 0.15) is 0 Å². The number of carboxylic acids is 1. The predicted molar refractivity (Wildman–Crippen MR) is 49.6 cm³/mol. The van der Waals surface area contributed by atoms with Crippen molar-refractivity contribution in [3.63, 3.8) is 0 Å². The fourth-order valence-electron chi connectivity index (χ4n) is 1.05. The number of aromatic nitrogens is 1. The third-order valence-corrected chi connectivity index (χ3v) is 1.57. The molecule has 2 N–H and O–H groups in total. The van der Waals surface area contributed by atoms with Gasteiger partial charge in [0.25, 0.3) is 0 Å². The van der Waals surface area contributed by atoms with Gasteiger partial charge >= 0.3 is 5.97 Å². The molecule has 70 valence electrons. The van der Waals surface area contributed by atoms with Gasteiger partial charge in [-0.05, 0) is 19.1 Å². The minimum absolute atomic E-state index is 0.0695. The van der Waals surface area contributed by atoms with Gasteiger partial charge in [-0.15, -0.1) is 0 Å². The van der Waals surface area contributed by atoms with Crippen LogP contribution in [0.1, 0.15) is 13.3 Å². The lowest BCUT2D eigenvalue weighted by atomic mass is 10.2. The Morgan fingerprint density at radius 1 is 1.62 bits per heavy atom. The fraction of sp³-hybridized carbons (Fsp3) is 0.333. The van der Waals surface area contributed by atoms with Crippen molar-refractivity contribution >= 4 is 11.7 Å². The molecule has 0 saturated heterocycles. The van der Waals surface area contributed by atoms with Crippen LogP contribution in [-0.4, -0.2) is 22.1 Å². The molecule has 4 heteroatoms. The quantitative estimate of drug-likeness (QED) is 0.734. The van der Waals surface area contributed by atoms with Crippen molar-refractivity contribution in [2.75, 3.05) is 5.32 Å². The van der Waals surface area contributed by atoms with Crippen LogP contribution in [-0.2, 0) is 4.79 Å². The summed E-state index contributed by atoms with van der Waals surface area (Å²) in [5.41, 5.74) is 0.892. The molecule has 0 radical (unpaired) electrons. The van der Waals surface area contributed by atoms with Crippen molar-refractivity contribution in [3.8, 4) is 0 Å². The number of pyridine rings is 1. The SMILES string of the molecule is C[C@@H](CC(=O)O)Nc1ccncc1. The van der Waals surface area contributed by atoms with E-state index >= 15 is 0 Å². The van der Waals surface area contributed by atoms with Crippen LogP contribution in [0, 0.1) is 0 Å². The summed E-state index contributed by atoms with van der Waals surface area (Å²) in [6, 6.07) is 3.54. The topological polar surface area (TPSA) is 62.2 Å². The first-order valence-corrected chi connectivity index (χ1v) is 4.07. The summed E-state index contributed by atoms with van der Waals surface area (Å²) < 4.78 is 0. The molecule has 1 aromatic rings. The molecule has 1 aromatic heterocycles. The second-order valence-electron chi connectivity index (χ2n) is 2.88. The third kappa shape index (κ3) is 3.55. The van der Waals surface area contributed by atoms with Gasteiger partial charge in [0.05, 0.1) is 6.42 Å². The number of nitrogens with one attached hydrogen (secondary N) is 1. The number of nitrogens with zero attached hydrogens (tertiary/aromatic N) is 1. The Labute approximate surface area is 76.6 Å². The monoisotopic (exact) mass is 180 g/mol. The van der Waals surface area contributed by atoms with E-state index in [-0.39, 0.29) is 12.5 Å². The van der Waals surface area contributed by atoms with Crippen LogP contribution in [0.3, 0.4) is 0 Å². The summed E-state index contributed by atoms with van der Waals surface area (Å²) in [7, 11) is 0. The van der Waals surface area contributed by atoms with Gasteiger partial charge in [0, 0.05) is 24.1 Å². The molecule has 0 bridgehead atoms. The van der Waals surface area contributed by atoms with Gasteiger partial charge < -0.3 is 10.4 Å². The van der Waals surface area contributed by atoms with Crippen LogP contribution in [0.25, 0.3) is 0 Å². The van der Waals surface area contributed by atoms with Crippen LogP contribution in [0.4, 0.5) is 5.69 Å². The number of carbonyl (C=O) groups is 1. The van der Waals surface area contributed by atoms with Crippen LogP contribution in [0.5, 0.6) is 0 Å².